The van der Waals surface area contributed by atoms with Crippen molar-refractivity contribution in [1.82, 2.24) is 4.90 Å². The third-order valence-electron chi connectivity index (χ3n) is 3.79. The molecule has 1 N–H and O–H groups in total. The van der Waals surface area contributed by atoms with E-state index >= 15 is 0 Å². The van der Waals surface area contributed by atoms with Crippen LogP contribution in [0.5, 0.6) is 5.75 Å². The van der Waals surface area contributed by atoms with Crippen molar-refractivity contribution in [2.24, 2.45) is 5.92 Å². The Morgan fingerprint density at radius 2 is 2.14 bits per heavy atom. The van der Waals surface area contributed by atoms with Gasteiger partial charge in [-0.2, -0.15) is 0 Å². The molecule has 1 heterocycles. The maximum Gasteiger partial charge on any atom is 0.222 e. The second-order valence-corrected chi connectivity index (χ2v) is 6.33. The van der Waals surface area contributed by atoms with E-state index in [2.05, 4.69) is 15.9 Å². The first-order valence-corrected chi connectivity index (χ1v) is 8.25. The molecule has 0 radical (unpaired) electrons. The number of aliphatic hydroxyl groups is 1. The third-order valence-corrected chi connectivity index (χ3v) is 4.32. The van der Waals surface area contributed by atoms with Crippen molar-refractivity contribution < 1.29 is 14.6 Å². The number of carbonyl (C=O) groups excluding carboxylic acids is 1. The standard InChI is InChI=1S/C16H22BrNO3/c17-14-3-5-15(6-4-14)21-11-1-2-16(20)18-9-7-13(12-18)8-10-19/h3-6,13,19H,1-2,7-12H2. The van der Waals surface area contributed by atoms with Gasteiger partial charge in [0.2, 0.25) is 5.91 Å². The molecule has 0 aliphatic carbocycles. The van der Waals surface area contributed by atoms with Crippen molar-refractivity contribution in [2.75, 3.05) is 26.3 Å². The first-order chi connectivity index (χ1) is 10.2. The summed E-state index contributed by atoms with van der Waals surface area (Å²) in [7, 11) is 0. The van der Waals surface area contributed by atoms with Gasteiger partial charge in [-0.3, -0.25) is 4.79 Å². The number of likely N-dealkylation sites (tertiary alicyclic amines) is 1. The lowest BCUT2D eigenvalue weighted by Gasteiger charge is -2.16. The molecule has 1 amide bonds. The van der Waals surface area contributed by atoms with Gasteiger partial charge in [-0.25, -0.2) is 0 Å². The number of hydrogen-bond acceptors (Lipinski definition) is 3. The fraction of sp³-hybridized carbons (Fsp3) is 0.562. The Labute approximate surface area is 134 Å². The van der Waals surface area contributed by atoms with Crippen molar-refractivity contribution in [1.29, 1.82) is 0 Å². The number of rotatable bonds is 7. The number of amides is 1. The van der Waals surface area contributed by atoms with E-state index in [1.54, 1.807) is 0 Å². The molecule has 1 atom stereocenters. The highest BCUT2D eigenvalue weighted by Gasteiger charge is 2.25. The van der Waals surface area contributed by atoms with E-state index in [1.807, 2.05) is 29.2 Å². The van der Waals surface area contributed by atoms with Gasteiger partial charge in [-0.15, -0.1) is 0 Å². The molecule has 1 aliphatic rings. The molecule has 116 valence electrons. The van der Waals surface area contributed by atoms with E-state index in [1.165, 1.54) is 0 Å². The Balaban J connectivity index is 1.62. The van der Waals surface area contributed by atoms with Gasteiger partial charge < -0.3 is 14.7 Å². The Morgan fingerprint density at radius 1 is 1.38 bits per heavy atom. The molecule has 4 nitrogen and oxygen atoms in total. The molecule has 1 unspecified atom stereocenters. The molecule has 0 aromatic heterocycles. The highest BCUT2D eigenvalue weighted by molar-refractivity contribution is 9.10. The number of halogens is 1. The zero-order valence-electron chi connectivity index (χ0n) is 12.1. The smallest absolute Gasteiger partial charge is 0.222 e. The fourth-order valence-electron chi connectivity index (χ4n) is 2.58. The van der Waals surface area contributed by atoms with Crippen LogP contribution in [0, 0.1) is 5.92 Å². The van der Waals surface area contributed by atoms with Gasteiger partial charge >= 0.3 is 0 Å². The van der Waals surface area contributed by atoms with Crippen LogP contribution in [0.15, 0.2) is 28.7 Å². The minimum absolute atomic E-state index is 0.204. The van der Waals surface area contributed by atoms with Crippen molar-refractivity contribution in [2.45, 2.75) is 25.7 Å². The summed E-state index contributed by atoms with van der Waals surface area (Å²) in [5.41, 5.74) is 0. The molecule has 1 aliphatic heterocycles. The molecule has 5 heteroatoms. The van der Waals surface area contributed by atoms with Gasteiger partial charge in [0.25, 0.3) is 0 Å². The molecule has 1 aromatic carbocycles. The van der Waals surface area contributed by atoms with Crippen LogP contribution in [0.25, 0.3) is 0 Å². The van der Waals surface area contributed by atoms with E-state index in [0.29, 0.717) is 18.9 Å². The van der Waals surface area contributed by atoms with Gasteiger partial charge in [0, 0.05) is 30.6 Å². The van der Waals surface area contributed by atoms with Gasteiger partial charge in [0.05, 0.1) is 6.61 Å². The quantitative estimate of drug-likeness (QED) is 0.765. The lowest BCUT2D eigenvalue weighted by atomic mass is 10.1. The number of carbonyl (C=O) groups is 1. The topological polar surface area (TPSA) is 49.8 Å². The summed E-state index contributed by atoms with van der Waals surface area (Å²) in [5.74, 6) is 1.50. The monoisotopic (exact) mass is 355 g/mol. The molecule has 21 heavy (non-hydrogen) atoms. The molecule has 1 fully saturated rings. The summed E-state index contributed by atoms with van der Waals surface area (Å²) >= 11 is 3.38. The zero-order valence-corrected chi connectivity index (χ0v) is 13.7. The van der Waals surface area contributed by atoms with Crippen LogP contribution in [-0.2, 0) is 4.79 Å². The molecular formula is C16H22BrNO3. The first-order valence-electron chi connectivity index (χ1n) is 7.46. The minimum Gasteiger partial charge on any atom is -0.494 e. The van der Waals surface area contributed by atoms with E-state index in [4.69, 9.17) is 9.84 Å². The molecule has 1 saturated heterocycles. The minimum atomic E-state index is 0.204. The van der Waals surface area contributed by atoms with Crippen LogP contribution < -0.4 is 4.74 Å². The third kappa shape index (κ3) is 5.32. The number of benzene rings is 1. The second-order valence-electron chi connectivity index (χ2n) is 5.41. The molecule has 0 bridgehead atoms. The average Bonchev–Trinajstić information content (AvgIpc) is 2.94. The summed E-state index contributed by atoms with van der Waals surface area (Å²) in [4.78, 5) is 14.0. The van der Waals surface area contributed by atoms with E-state index in [0.717, 1.165) is 42.6 Å². The lowest BCUT2D eigenvalue weighted by Crippen LogP contribution is -2.28. The molecular weight excluding hydrogens is 334 g/mol. The summed E-state index contributed by atoms with van der Waals surface area (Å²) in [5, 5.41) is 8.93. The Hall–Kier alpha value is -1.07. The summed E-state index contributed by atoms with van der Waals surface area (Å²) in [6, 6.07) is 7.69. The second kappa shape index (κ2) is 8.39. The van der Waals surface area contributed by atoms with Crippen molar-refractivity contribution >= 4 is 21.8 Å². The number of aliphatic hydroxyl groups excluding tert-OH is 1. The van der Waals surface area contributed by atoms with Crippen LogP contribution in [0.3, 0.4) is 0 Å². The Morgan fingerprint density at radius 3 is 2.86 bits per heavy atom. The molecule has 1 aromatic rings. The van der Waals surface area contributed by atoms with E-state index < -0.39 is 0 Å². The zero-order chi connectivity index (χ0) is 15.1. The largest absolute Gasteiger partial charge is 0.494 e. The number of hydrogen-bond donors (Lipinski definition) is 1. The molecule has 0 spiro atoms. The highest BCUT2D eigenvalue weighted by Crippen LogP contribution is 2.20. The van der Waals surface area contributed by atoms with Gasteiger partial charge in [-0.05, 0) is 49.4 Å². The SMILES string of the molecule is O=C(CCCOc1ccc(Br)cc1)N1CCC(CCO)C1. The van der Waals surface area contributed by atoms with Crippen molar-refractivity contribution in [3.8, 4) is 5.75 Å². The van der Waals surface area contributed by atoms with Crippen LogP contribution in [0.2, 0.25) is 0 Å². The van der Waals surface area contributed by atoms with Crippen LogP contribution >= 0.6 is 15.9 Å². The predicted molar refractivity (Wildman–Crippen MR) is 85.3 cm³/mol. The maximum absolute atomic E-state index is 12.1. The Bertz CT molecular complexity index is 449. The summed E-state index contributed by atoms with van der Waals surface area (Å²) < 4.78 is 6.63. The predicted octanol–water partition coefficient (Wildman–Crippen LogP) is 2.84. The van der Waals surface area contributed by atoms with Gasteiger partial charge in [0.1, 0.15) is 5.75 Å². The average molecular weight is 356 g/mol. The molecule has 2 rings (SSSR count). The molecule has 0 saturated carbocycles. The number of nitrogens with zero attached hydrogens (tertiary/aromatic N) is 1. The van der Waals surface area contributed by atoms with E-state index in [9.17, 15) is 4.79 Å². The Kier molecular flexibility index (Phi) is 6.51. The number of ether oxygens (including phenoxy) is 1. The van der Waals surface area contributed by atoms with Crippen LogP contribution in [0.4, 0.5) is 0 Å². The maximum atomic E-state index is 12.1. The van der Waals surface area contributed by atoms with Crippen molar-refractivity contribution in [3.63, 3.8) is 0 Å². The van der Waals surface area contributed by atoms with Crippen molar-refractivity contribution in [3.05, 3.63) is 28.7 Å². The summed E-state index contributed by atoms with van der Waals surface area (Å²) in [6.07, 6.45) is 3.08. The van der Waals surface area contributed by atoms with Gasteiger partial charge in [0.15, 0.2) is 0 Å². The normalized spacial score (nSPS) is 18.0. The fourth-order valence-corrected chi connectivity index (χ4v) is 2.84. The van der Waals surface area contributed by atoms with Crippen LogP contribution in [-0.4, -0.2) is 42.2 Å². The first kappa shape index (κ1) is 16.3. The van der Waals surface area contributed by atoms with Crippen LogP contribution in [0.1, 0.15) is 25.7 Å². The lowest BCUT2D eigenvalue weighted by molar-refractivity contribution is -0.130. The van der Waals surface area contributed by atoms with E-state index in [-0.39, 0.29) is 12.5 Å². The highest BCUT2D eigenvalue weighted by atomic mass is 79.9. The van der Waals surface area contributed by atoms with Gasteiger partial charge in [-0.1, -0.05) is 15.9 Å². The summed E-state index contributed by atoms with van der Waals surface area (Å²) in [6.45, 7) is 2.40.